The van der Waals surface area contributed by atoms with Crippen LogP contribution in [0.3, 0.4) is 0 Å². The predicted octanol–water partition coefficient (Wildman–Crippen LogP) is 3.97. The van der Waals surface area contributed by atoms with Crippen molar-refractivity contribution in [3.8, 4) is 0 Å². The molecule has 92 valence electrons. The predicted molar refractivity (Wildman–Crippen MR) is 78.6 cm³/mol. The Labute approximate surface area is 114 Å². The van der Waals surface area contributed by atoms with Crippen molar-refractivity contribution in [1.29, 1.82) is 0 Å². The van der Waals surface area contributed by atoms with Gasteiger partial charge < -0.3 is 0 Å². The van der Waals surface area contributed by atoms with E-state index in [-0.39, 0.29) is 0 Å². The van der Waals surface area contributed by atoms with E-state index in [1.165, 1.54) is 15.6 Å². The van der Waals surface area contributed by atoms with Crippen molar-refractivity contribution < 1.29 is 0 Å². The summed E-state index contributed by atoms with van der Waals surface area (Å²) in [5, 5.41) is 2.25. The minimum atomic E-state index is 1.02. The number of hydrogen-bond donors (Lipinski definition) is 0. The normalized spacial score (nSPS) is 11.5. The fourth-order valence-electron chi connectivity index (χ4n) is 2.13. The average Bonchev–Trinajstić information content (AvgIpc) is 2.68. The van der Waals surface area contributed by atoms with Gasteiger partial charge in [-0.1, -0.05) is 6.92 Å². The Morgan fingerprint density at radius 1 is 1.28 bits per heavy atom. The zero-order valence-corrected chi connectivity index (χ0v) is 12.2. The first kappa shape index (κ1) is 11.9. The largest absolute Gasteiger partial charge is 0.242 e. The van der Waals surface area contributed by atoms with Crippen molar-refractivity contribution in [2.45, 2.75) is 25.8 Å². The molecule has 3 aromatic rings. The molecule has 0 unspecified atom stereocenters. The van der Waals surface area contributed by atoms with Crippen LogP contribution in [0, 0.1) is 13.8 Å². The van der Waals surface area contributed by atoms with E-state index in [2.05, 4.69) is 34.9 Å². The third kappa shape index (κ3) is 1.78. The summed E-state index contributed by atoms with van der Waals surface area (Å²) >= 11 is 3.46. The van der Waals surface area contributed by atoms with Gasteiger partial charge in [-0.15, -0.1) is 23.1 Å². The lowest BCUT2D eigenvalue weighted by molar-refractivity contribution is 1.11. The summed E-state index contributed by atoms with van der Waals surface area (Å²) in [4.78, 5) is 14.5. The molecule has 0 fully saturated rings. The molecule has 0 saturated carbocycles. The molecule has 0 aliphatic carbocycles. The number of aryl methyl sites for hydroxylation is 2. The SMILES string of the molecule is CCSc1ncnc2c1sc1nc(C)cc(C)c12. The summed E-state index contributed by atoms with van der Waals surface area (Å²) in [5.41, 5.74) is 3.35. The number of thiophene rings is 1. The van der Waals surface area contributed by atoms with Crippen LogP contribution in [0.25, 0.3) is 20.4 Å². The lowest BCUT2D eigenvalue weighted by Crippen LogP contribution is -1.86. The Morgan fingerprint density at radius 3 is 2.89 bits per heavy atom. The molecule has 3 nitrogen and oxygen atoms in total. The molecule has 0 saturated heterocycles. The maximum Gasteiger partial charge on any atom is 0.126 e. The highest BCUT2D eigenvalue weighted by Gasteiger charge is 2.14. The first-order valence-corrected chi connectivity index (χ1v) is 7.65. The second-order valence-electron chi connectivity index (χ2n) is 4.15. The molecule has 3 rings (SSSR count). The van der Waals surface area contributed by atoms with Gasteiger partial charge in [0.05, 0.1) is 10.2 Å². The molecule has 0 bridgehead atoms. The van der Waals surface area contributed by atoms with Crippen LogP contribution in [-0.4, -0.2) is 20.7 Å². The van der Waals surface area contributed by atoms with Gasteiger partial charge in [-0.25, -0.2) is 15.0 Å². The van der Waals surface area contributed by atoms with Crippen LogP contribution >= 0.6 is 23.1 Å². The van der Waals surface area contributed by atoms with Gasteiger partial charge in [-0.2, -0.15) is 0 Å². The van der Waals surface area contributed by atoms with E-state index in [4.69, 9.17) is 0 Å². The van der Waals surface area contributed by atoms with E-state index in [0.29, 0.717) is 0 Å². The third-order valence-electron chi connectivity index (χ3n) is 2.80. The summed E-state index contributed by atoms with van der Waals surface area (Å²) in [6, 6.07) is 2.11. The van der Waals surface area contributed by atoms with E-state index in [0.717, 1.165) is 26.8 Å². The molecular formula is C13H13N3S2. The molecule has 18 heavy (non-hydrogen) atoms. The van der Waals surface area contributed by atoms with Crippen LogP contribution in [0.2, 0.25) is 0 Å². The number of aromatic nitrogens is 3. The van der Waals surface area contributed by atoms with E-state index in [9.17, 15) is 0 Å². The monoisotopic (exact) mass is 275 g/mol. The summed E-state index contributed by atoms with van der Waals surface area (Å²) < 4.78 is 1.17. The van der Waals surface area contributed by atoms with E-state index >= 15 is 0 Å². The Hall–Kier alpha value is -1.20. The lowest BCUT2D eigenvalue weighted by atomic mass is 10.1. The van der Waals surface area contributed by atoms with Crippen LogP contribution in [0.5, 0.6) is 0 Å². The van der Waals surface area contributed by atoms with Gasteiger partial charge in [0.25, 0.3) is 0 Å². The van der Waals surface area contributed by atoms with Gasteiger partial charge in [-0.05, 0) is 31.2 Å². The van der Waals surface area contributed by atoms with E-state index < -0.39 is 0 Å². The zero-order chi connectivity index (χ0) is 12.7. The number of fused-ring (bicyclic) bond motifs is 3. The van der Waals surface area contributed by atoms with Gasteiger partial charge in [-0.3, -0.25) is 0 Å². The molecule has 0 aliphatic rings. The fraction of sp³-hybridized carbons (Fsp3) is 0.308. The molecule has 0 aliphatic heterocycles. The molecule has 0 atom stereocenters. The first-order chi connectivity index (χ1) is 8.70. The maximum atomic E-state index is 4.62. The zero-order valence-electron chi connectivity index (χ0n) is 10.5. The number of rotatable bonds is 2. The Bertz CT molecular complexity index is 734. The number of nitrogens with zero attached hydrogens (tertiary/aromatic N) is 3. The molecule has 0 spiro atoms. The van der Waals surface area contributed by atoms with Crippen LogP contribution in [-0.2, 0) is 0 Å². The molecule has 0 radical (unpaired) electrons. The Kier molecular flexibility index (Phi) is 2.95. The number of pyridine rings is 1. The quantitative estimate of drug-likeness (QED) is 0.524. The van der Waals surface area contributed by atoms with Crippen molar-refractivity contribution in [2.75, 3.05) is 5.75 Å². The van der Waals surface area contributed by atoms with Crippen molar-refractivity contribution in [2.24, 2.45) is 0 Å². The van der Waals surface area contributed by atoms with Gasteiger partial charge in [0.2, 0.25) is 0 Å². The van der Waals surface area contributed by atoms with Crippen molar-refractivity contribution in [3.05, 3.63) is 23.7 Å². The molecule has 3 heterocycles. The second kappa shape index (κ2) is 4.48. The smallest absolute Gasteiger partial charge is 0.126 e. The van der Waals surface area contributed by atoms with Crippen LogP contribution in [0.1, 0.15) is 18.2 Å². The minimum absolute atomic E-state index is 1.02. The molecular weight excluding hydrogens is 262 g/mol. The highest BCUT2D eigenvalue weighted by Crippen LogP contribution is 2.37. The molecule has 3 aromatic heterocycles. The highest BCUT2D eigenvalue weighted by atomic mass is 32.2. The summed E-state index contributed by atoms with van der Waals surface area (Å²) in [7, 11) is 0. The molecule has 0 N–H and O–H groups in total. The van der Waals surface area contributed by atoms with Gasteiger partial charge >= 0.3 is 0 Å². The van der Waals surface area contributed by atoms with Gasteiger partial charge in [0.1, 0.15) is 16.2 Å². The van der Waals surface area contributed by atoms with Crippen LogP contribution in [0.4, 0.5) is 0 Å². The van der Waals surface area contributed by atoms with Gasteiger partial charge in [0, 0.05) is 11.1 Å². The topological polar surface area (TPSA) is 38.7 Å². The van der Waals surface area contributed by atoms with Crippen molar-refractivity contribution >= 4 is 43.5 Å². The second-order valence-corrected chi connectivity index (χ2v) is 6.40. The van der Waals surface area contributed by atoms with E-state index in [1.807, 2.05) is 6.92 Å². The first-order valence-electron chi connectivity index (χ1n) is 5.85. The van der Waals surface area contributed by atoms with Crippen LogP contribution < -0.4 is 0 Å². The summed E-state index contributed by atoms with van der Waals surface area (Å²) in [6.07, 6.45) is 1.66. The maximum absolute atomic E-state index is 4.62. The average molecular weight is 275 g/mol. The van der Waals surface area contributed by atoms with E-state index in [1.54, 1.807) is 29.4 Å². The summed E-state index contributed by atoms with van der Waals surface area (Å²) in [5.74, 6) is 1.02. The van der Waals surface area contributed by atoms with Crippen molar-refractivity contribution in [3.63, 3.8) is 0 Å². The number of hydrogen-bond acceptors (Lipinski definition) is 5. The van der Waals surface area contributed by atoms with Crippen molar-refractivity contribution in [1.82, 2.24) is 15.0 Å². The Morgan fingerprint density at radius 2 is 2.11 bits per heavy atom. The van der Waals surface area contributed by atoms with Gasteiger partial charge in [0.15, 0.2) is 0 Å². The number of thioether (sulfide) groups is 1. The minimum Gasteiger partial charge on any atom is -0.242 e. The molecule has 0 amide bonds. The fourth-order valence-corrected chi connectivity index (χ4v) is 4.19. The standard InChI is InChI=1S/C13H13N3S2/c1-4-17-13-11-10(14-6-15-13)9-7(2)5-8(3)16-12(9)18-11/h5-6H,4H2,1-3H3. The molecule has 5 heteroatoms. The highest BCUT2D eigenvalue weighted by molar-refractivity contribution is 7.99. The Balaban J connectivity index is 2.43. The molecule has 0 aromatic carbocycles. The third-order valence-corrected chi connectivity index (χ3v) is 4.88. The van der Waals surface area contributed by atoms with Crippen LogP contribution in [0.15, 0.2) is 17.4 Å². The lowest BCUT2D eigenvalue weighted by Gasteiger charge is -1.99. The summed E-state index contributed by atoms with van der Waals surface area (Å²) in [6.45, 7) is 6.29.